The van der Waals surface area contributed by atoms with E-state index in [2.05, 4.69) is 30.7 Å². The molecule has 0 radical (unpaired) electrons. The van der Waals surface area contributed by atoms with Crippen molar-refractivity contribution in [2.24, 2.45) is 22.6 Å². The number of hydrogen-bond acceptors (Lipinski definition) is 1. The summed E-state index contributed by atoms with van der Waals surface area (Å²) in [7, 11) is 0. The summed E-state index contributed by atoms with van der Waals surface area (Å²) in [4.78, 5) is 6.64. The maximum atomic E-state index is 5.98. The summed E-state index contributed by atoms with van der Waals surface area (Å²) in [5.41, 5.74) is 5.98. The molecule has 1 rings (SSSR count). The van der Waals surface area contributed by atoms with Crippen LogP contribution in [0.15, 0.2) is 4.99 Å². The fourth-order valence-electron chi connectivity index (χ4n) is 1.75. The third-order valence-corrected chi connectivity index (χ3v) is 3.03. The van der Waals surface area contributed by atoms with Crippen molar-refractivity contribution in [2.75, 3.05) is 19.6 Å². The van der Waals surface area contributed by atoms with Crippen LogP contribution in [0.2, 0.25) is 0 Å². The maximum absolute atomic E-state index is 5.98. The zero-order chi connectivity index (χ0) is 11.3. The summed E-state index contributed by atoms with van der Waals surface area (Å²) < 4.78 is 0. The van der Waals surface area contributed by atoms with Gasteiger partial charge in [0.05, 0.1) is 0 Å². The Morgan fingerprint density at radius 1 is 1.47 bits per heavy atom. The van der Waals surface area contributed by atoms with Crippen LogP contribution in [0.1, 0.15) is 40.0 Å². The molecule has 0 unspecified atom stereocenters. The van der Waals surface area contributed by atoms with Crippen molar-refractivity contribution in [2.45, 2.75) is 40.0 Å². The predicted molar refractivity (Wildman–Crippen MR) is 65.9 cm³/mol. The first-order valence-electron chi connectivity index (χ1n) is 6.18. The molecule has 15 heavy (non-hydrogen) atoms. The third kappa shape index (κ3) is 4.10. The van der Waals surface area contributed by atoms with Gasteiger partial charge in [-0.15, -0.1) is 0 Å². The van der Waals surface area contributed by atoms with Gasteiger partial charge in [-0.25, -0.2) is 0 Å². The second kappa shape index (κ2) is 5.99. The first-order chi connectivity index (χ1) is 7.13. The van der Waals surface area contributed by atoms with Gasteiger partial charge in [-0.1, -0.05) is 20.3 Å². The molecule has 0 amide bonds. The number of hydrogen-bond donors (Lipinski definition) is 1. The van der Waals surface area contributed by atoms with Crippen LogP contribution in [0.4, 0.5) is 0 Å². The average molecular weight is 211 g/mol. The standard InChI is InChI=1S/C12H25N3/c1-4-15(9-11-6-5-7-11)12(13)14-8-10(2)3/h10-11H,4-9H2,1-3H3,(H2,13,14). The first-order valence-corrected chi connectivity index (χ1v) is 6.18. The first kappa shape index (κ1) is 12.3. The Morgan fingerprint density at radius 3 is 2.53 bits per heavy atom. The minimum Gasteiger partial charge on any atom is -0.370 e. The molecule has 0 spiro atoms. The average Bonchev–Trinajstić information content (AvgIpc) is 2.13. The van der Waals surface area contributed by atoms with E-state index >= 15 is 0 Å². The third-order valence-electron chi connectivity index (χ3n) is 3.03. The molecule has 1 aliphatic carbocycles. The second-order valence-corrected chi connectivity index (χ2v) is 4.93. The van der Waals surface area contributed by atoms with Crippen LogP contribution in [-0.2, 0) is 0 Å². The molecule has 0 bridgehead atoms. The normalized spacial score (nSPS) is 18.0. The Hall–Kier alpha value is -0.730. The number of guanidine groups is 1. The lowest BCUT2D eigenvalue weighted by atomic mass is 9.85. The lowest BCUT2D eigenvalue weighted by Gasteiger charge is -2.32. The van der Waals surface area contributed by atoms with Gasteiger partial charge in [0.15, 0.2) is 5.96 Å². The van der Waals surface area contributed by atoms with Crippen molar-refractivity contribution >= 4 is 5.96 Å². The van der Waals surface area contributed by atoms with Crippen LogP contribution in [0.25, 0.3) is 0 Å². The van der Waals surface area contributed by atoms with Crippen molar-refractivity contribution in [3.63, 3.8) is 0 Å². The van der Waals surface area contributed by atoms with Crippen molar-refractivity contribution in [3.8, 4) is 0 Å². The van der Waals surface area contributed by atoms with E-state index in [0.29, 0.717) is 5.92 Å². The van der Waals surface area contributed by atoms with Gasteiger partial charge in [-0.3, -0.25) is 4.99 Å². The molecule has 1 saturated carbocycles. The molecule has 0 aromatic carbocycles. The van der Waals surface area contributed by atoms with E-state index in [9.17, 15) is 0 Å². The molecule has 0 aliphatic heterocycles. The monoisotopic (exact) mass is 211 g/mol. The fraction of sp³-hybridized carbons (Fsp3) is 0.917. The Morgan fingerprint density at radius 2 is 2.13 bits per heavy atom. The van der Waals surface area contributed by atoms with Crippen LogP contribution in [0, 0.1) is 11.8 Å². The van der Waals surface area contributed by atoms with Crippen molar-refractivity contribution < 1.29 is 0 Å². The number of nitrogens with two attached hydrogens (primary N) is 1. The van der Waals surface area contributed by atoms with Crippen LogP contribution >= 0.6 is 0 Å². The van der Waals surface area contributed by atoms with Crippen LogP contribution in [0.5, 0.6) is 0 Å². The topological polar surface area (TPSA) is 41.6 Å². The molecular weight excluding hydrogens is 186 g/mol. The fourth-order valence-corrected chi connectivity index (χ4v) is 1.75. The number of rotatable bonds is 5. The maximum Gasteiger partial charge on any atom is 0.191 e. The molecule has 0 aromatic heterocycles. The molecule has 1 aliphatic rings. The summed E-state index contributed by atoms with van der Waals surface area (Å²) in [6.07, 6.45) is 4.13. The Bertz CT molecular complexity index is 207. The molecule has 0 heterocycles. The van der Waals surface area contributed by atoms with Gasteiger partial charge in [-0.05, 0) is 31.6 Å². The lowest BCUT2D eigenvalue weighted by Crippen LogP contribution is -2.42. The highest BCUT2D eigenvalue weighted by molar-refractivity contribution is 5.78. The molecule has 3 heteroatoms. The number of aliphatic imine (C=N–C) groups is 1. The zero-order valence-electron chi connectivity index (χ0n) is 10.4. The summed E-state index contributed by atoms with van der Waals surface area (Å²) in [5, 5.41) is 0. The summed E-state index contributed by atoms with van der Waals surface area (Å²) in [5.74, 6) is 2.18. The van der Waals surface area contributed by atoms with E-state index in [-0.39, 0.29) is 0 Å². The highest BCUT2D eigenvalue weighted by Crippen LogP contribution is 2.26. The Balaban J connectivity index is 2.37. The molecular formula is C12H25N3. The van der Waals surface area contributed by atoms with Crippen molar-refractivity contribution in [1.29, 1.82) is 0 Å². The molecule has 0 aromatic rings. The lowest BCUT2D eigenvalue weighted by molar-refractivity contribution is 0.242. The quantitative estimate of drug-likeness (QED) is 0.559. The van der Waals surface area contributed by atoms with E-state index in [1.54, 1.807) is 0 Å². The summed E-state index contributed by atoms with van der Waals surface area (Å²) >= 11 is 0. The van der Waals surface area contributed by atoms with Gasteiger partial charge in [0, 0.05) is 19.6 Å². The van der Waals surface area contributed by atoms with Gasteiger partial charge >= 0.3 is 0 Å². The minimum absolute atomic E-state index is 0.589. The minimum atomic E-state index is 0.589. The highest BCUT2D eigenvalue weighted by Gasteiger charge is 2.20. The van der Waals surface area contributed by atoms with Crippen molar-refractivity contribution in [1.82, 2.24) is 4.90 Å². The van der Waals surface area contributed by atoms with Crippen molar-refractivity contribution in [3.05, 3.63) is 0 Å². The van der Waals surface area contributed by atoms with Gasteiger partial charge in [0.2, 0.25) is 0 Å². The molecule has 2 N–H and O–H groups in total. The van der Waals surface area contributed by atoms with Gasteiger partial charge in [0.1, 0.15) is 0 Å². The van der Waals surface area contributed by atoms with Crippen LogP contribution in [0.3, 0.4) is 0 Å². The van der Waals surface area contributed by atoms with Gasteiger partial charge < -0.3 is 10.6 Å². The zero-order valence-corrected chi connectivity index (χ0v) is 10.4. The highest BCUT2D eigenvalue weighted by atomic mass is 15.2. The molecule has 0 saturated heterocycles. The van der Waals surface area contributed by atoms with Gasteiger partial charge in [0.25, 0.3) is 0 Å². The summed E-state index contributed by atoms with van der Waals surface area (Å²) in [6.45, 7) is 9.40. The SMILES string of the molecule is CCN(CC1CCC1)C(N)=NCC(C)C. The summed E-state index contributed by atoms with van der Waals surface area (Å²) in [6, 6.07) is 0. The van der Waals surface area contributed by atoms with E-state index in [1.165, 1.54) is 19.3 Å². The second-order valence-electron chi connectivity index (χ2n) is 4.93. The molecule has 1 fully saturated rings. The Labute approximate surface area is 93.7 Å². The largest absolute Gasteiger partial charge is 0.370 e. The molecule has 88 valence electrons. The molecule has 3 nitrogen and oxygen atoms in total. The van der Waals surface area contributed by atoms with E-state index < -0.39 is 0 Å². The van der Waals surface area contributed by atoms with E-state index in [0.717, 1.165) is 31.5 Å². The smallest absolute Gasteiger partial charge is 0.191 e. The van der Waals surface area contributed by atoms with Crippen LogP contribution < -0.4 is 5.73 Å². The molecule has 0 atom stereocenters. The number of nitrogens with zero attached hydrogens (tertiary/aromatic N) is 2. The van der Waals surface area contributed by atoms with Crippen LogP contribution in [-0.4, -0.2) is 30.5 Å². The Kier molecular flexibility index (Phi) is 4.92. The van der Waals surface area contributed by atoms with E-state index in [1.807, 2.05) is 0 Å². The van der Waals surface area contributed by atoms with E-state index in [4.69, 9.17) is 5.73 Å². The van der Waals surface area contributed by atoms with Gasteiger partial charge in [-0.2, -0.15) is 0 Å². The predicted octanol–water partition coefficient (Wildman–Crippen LogP) is 2.08.